The van der Waals surface area contributed by atoms with Gasteiger partial charge in [-0.1, -0.05) is 6.92 Å². The summed E-state index contributed by atoms with van der Waals surface area (Å²) in [6, 6.07) is 1.07. The molecule has 2 nitrogen and oxygen atoms in total. The van der Waals surface area contributed by atoms with Crippen LogP contribution in [0.4, 0.5) is 14.6 Å². The number of nitrogens with two attached hydrogens (primary N) is 1. The predicted molar refractivity (Wildman–Crippen MR) is 37.9 cm³/mol. The van der Waals surface area contributed by atoms with Crippen molar-refractivity contribution in [1.82, 2.24) is 4.98 Å². The lowest BCUT2D eigenvalue weighted by Crippen LogP contribution is -2.01. The Kier molecular flexibility index (Phi) is 2.03. The molecular formula is C7H8F2N2. The summed E-state index contributed by atoms with van der Waals surface area (Å²) >= 11 is 0. The highest BCUT2D eigenvalue weighted by Crippen LogP contribution is 2.12. The third-order valence-corrected chi connectivity index (χ3v) is 1.41. The molecule has 1 aromatic heterocycles. The van der Waals surface area contributed by atoms with E-state index < -0.39 is 11.8 Å². The van der Waals surface area contributed by atoms with Gasteiger partial charge in [-0.05, 0) is 12.5 Å². The van der Waals surface area contributed by atoms with Crippen molar-refractivity contribution >= 4 is 5.82 Å². The lowest BCUT2D eigenvalue weighted by Gasteiger charge is -2.00. The zero-order valence-electron chi connectivity index (χ0n) is 6.06. The predicted octanol–water partition coefficient (Wildman–Crippen LogP) is 1.50. The Balaban J connectivity index is 3.21. The van der Waals surface area contributed by atoms with E-state index >= 15 is 0 Å². The van der Waals surface area contributed by atoms with Crippen molar-refractivity contribution < 1.29 is 8.78 Å². The van der Waals surface area contributed by atoms with Gasteiger partial charge in [-0.25, -0.2) is 4.39 Å². The number of anilines is 1. The molecule has 2 N–H and O–H groups in total. The summed E-state index contributed by atoms with van der Waals surface area (Å²) in [4.78, 5) is 3.18. The fourth-order valence-electron chi connectivity index (χ4n) is 0.765. The first-order valence-electron chi connectivity index (χ1n) is 3.25. The van der Waals surface area contributed by atoms with Gasteiger partial charge < -0.3 is 5.73 Å². The van der Waals surface area contributed by atoms with Gasteiger partial charge in [0.15, 0.2) is 11.6 Å². The Labute approximate surface area is 63.1 Å². The number of nitrogen functional groups attached to an aromatic ring is 1. The van der Waals surface area contributed by atoms with Crippen molar-refractivity contribution in [3.05, 3.63) is 23.4 Å². The van der Waals surface area contributed by atoms with Crippen LogP contribution < -0.4 is 5.73 Å². The molecule has 4 heteroatoms. The number of hydrogen-bond donors (Lipinski definition) is 1. The van der Waals surface area contributed by atoms with Crippen LogP contribution in [0.5, 0.6) is 0 Å². The minimum atomic E-state index is -0.689. The van der Waals surface area contributed by atoms with Gasteiger partial charge in [0.1, 0.15) is 0 Å². The first-order chi connectivity index (χ1) is 5.15. The maximum absolute atomic E-state index is 12.7. The normalized spacial score (nSPS) is 10.1. The maximum Gasteiger partial charge on any atom is 0.218 e. The van der Waals surface area contributed by atoms with E-state index in [1.54, 1.807) is 6.92 Å². The highest BCUT2D eigenvalue weighted by molar-refractivity contribution is 5.32. The van der Waals surface area contributed by atoms with Crippen molar-refractivity contribution in [1.29, 1.82) is 0 Å². The smallest absolute Gasteiger partial charge is 0.218 e. The molecule has 60 valence electrons. The van der Waals surface area contributed by atoms with E-state index in [0.717, 1.165) is 6.07 Å². The second-order valence-corrected chi connectivity index (χ2v) is 2.16. The lowest BCUT2D eigenvalue weighted by atomic mass is 10.2. The van der Waals surface area contributed by atoms with Crippen molar-refractivity contribution in [2.75, 3.05) is 5.73 Å². The Morgan fingerprint density at radius 1 is 1.55 bits per heavy atom. The highest BCUT2D eigenvalue weighted by Gasteiger charge is 2.06. The van der Waals surface area contributed by atoms with Crippen LogP contribution >= 0.6 is 0 Å². The van der Waals surface area contributed by atoms with Crippen molar-refractivity contribution in [2.24, 2.45) is 0 Å². The van der Waals surface area contributed by atoms with Crippen LogP contribution in [0, 0.1) is 11.8 Å². The van der Waals surface area contributed by atoms with Gasteiger partial charge in [0.2, 0.25) is 5.95 Å². The largest absolute Gasteiger partial charge is 0.381 e. The highest BCUT2D eigenvalue weighted by atomic mass is 19.1. The van der Waals surface area contributed by atoms with Crippen LogP contribution in [0.1, 0.15) is 12.5 Å². The van der Waals surface area contributed by atoms with Crippen LogP contribution in [0.15, 0.2) is 6.07 Å². The second-order valence-electron chi connectivity index (χ2n) is 2.16. The van der Waals surface area contributed by atoms with Crippen molar-refractivity contribution in [3.63, 3.8) is 0 Å². The van der Waals surface area contributed by atoms with Gasteiger partial charge in [-0.15, -0.1) is 0 Å². The minimum Gasteiger partial charge on any atom is -0.381 e. The molecule has 0 saturated carbocycles. The van der Waals surface area contributed by atoms with Gasteiger partial charge in [0.25, 0.3) is 0 Å². The molecule has 0 fully saturated rings. The summed E-state index contributed by atoms with van der Waals surface area (Å²) in [7, 11) is 0. The van der Waals surface area contributed by atoms with Crippen molar-refractivity contribution in [2.45, 2.75) is 13.3 Å². The number of pyridine rings is 1. The van der Waals surface area contributed by atoms with Gasteiger partial charge in [0.05, 0.1) is 0 Å². The van der Waals surface area contributed by atoms with E-state index in [4.69, 9.17) is 5.73 Å². The number of hydrogen-bond acceptors (Lipinski definition) is 2. The second kappa shape index (κ2) is 2.82. The molecule has 1 heterocycles. The Hall–Kier alpha value is -1.19. The molecule has 0 atom stereocenters. The van der Waals surface area contributed by atoms with E-state index in [0.29, 0.717) is 6.42 Å². The molecule has 0 unspecified atom stereocenters. The molecule has 0 radical (unpaired) electrons. The fourth-order valence-corrected chi connectivity index (χ4v) is 0.765. The SMILES string of the molecule is CCc1cc(F)c(N)nc1F. The summed E-state index contributed by atoms with van der Waals surface area (Å²) in [5.41, 5.74) is 5.27. The molecule has 0 saturated heterocycles. The van der Waals surface area contributed by atoms with Crippen LogP contribution in [-0.4, -0.2) is 4.98 Å². The molecule has 1 rings (SSSR count). The average molecular weight is 158 g/mol. The summed E-state index contributed by atoms with van der Waals surface area (Å²) < 4.78 is 25.3. The minimum absolute atomic E-state index is 0.247. The van der Waals surface area contributed by atoms with E-state index in [1.165, 1.54) is 0 Å². The van der Waals surface area contributed by atoms with Gasteiger partial charge in [0, 0.05) is 5.56 Å². The van der Waals surface area contributed by atoms with E-state index in [9.17, 15) is 8.78 Å². The molecule has 0 aromatic carbocycles. The summed E-state index contributed by atoms with van der Waals surface area (Å²) in [5.74, 6) is -1.74. The van der Waals surface area contributed by atoms with Crippen LogP contribution in [0.25, 0.3) is 0 Å². The monoisotopic (exact) mass is 158 g/mol. The Bertz CT molecular complexity index is 273. The number of nitrogens with zero attached hydrogens (tertiary/aromatic N) is 1. The van der Waals surface area contributed by atoms with Gasteiger partial charge in [-0.3, -0.25) is 0 Å². The number of aromatic nitrogens is 1. The lowest BCUT2D eigenvalue weighted by molar-refractivity contribution is 0.550. The van der Waals surface area contributed by atoms with Crippen molar-refractivity contribution in [3.8, 4) is 0 Å². The van der Waals surface area contributed by atoms with Crippen LogP contribution in [0.2, 0.25) is 0 Å². The Morgan fingerprint density at radius 2 is 2.18 bits per heavy atom. The van der Waals surface area contributed by atoms with Gasteiger partial charge in [-0.2, -0.15) is 9.37 Å². The zero-order chi connectivity index (χ0) is 8.43. The summed E-state index contributed by atoms with van der Waals surface area (Å²) in [6.07, 6.45) is 0.413. The van der Waals surface area contributed by atoms with E-state index in [1.807, 2.05) is 0 Å². The summed E-state index contributed by atoms with van der Waals surface area (Å²) in [6.45, 7) is 1.72. The van der Waals surface area contributed by atoms with Gasteiger partial charge >= 0.3 is 0 Å². The Morgan fingerprint density at radius 3 is 2.73 bits per heavy atom. The first-order valence-corrected chi connectivity index (χ1v) is 3.25. The number of halogens is 2. The first kappa shape index (κ1) is 7.91. The molecule has 0 amide bonds. The fraction of sp³-hybridized carbons (Fsp3) is 0.286. The molecule has 11 heavy (non-hydrogen) atoms. The molecule has 0 aliphatic heterocycles. The zero-order valence-corrected chi connectivity index (χ0v) is 6.06. The molecule has 0 aliphatic rings. The molecule has 0 spiro atoms. The molecule has 0 aliphatic carbocycles. The maximum atomic E-state index is 12.7. The van der Waals surface area contributed by atoms with Crippen LogP contribution in [0.3, 0.4) is 0 Å². The standard InChI is InChI=1S/C7H8F2N2/c1-2-4-3-5(8)7(10)11-6(4)9/h3H,2H2,1H3,(H2,10,11). The summed E-state index contributed by atoms with van der Waals surface area (Å²) in [5, 5.41) is 0. The quantitative estimate of drug-likeness (QED) is 0.629. The van der Waals surface area contributed by atoms with Crippen LogP contribution in [-0.2, 0) is 6.42 Å². The molecular weight excluding hydrogens is 150 g/mol. The molecule has 1 aromatic rings. The molecule has 0 bridgehead atoms. The van der Waals surface area contributed by atoms with E-state index in [2.05, 4.69) is 4.98 Å². The third kappa shape index (κ3) is 1.45. The topological polar surface area (TPSA) is 38.9 Å². The number of aryl methyl sites for hydroxylation is 1. The average Bonchev–Trinajstić information content (AvgIpc) is 1.97. The third-order valence-electron chi connectivity index (χ3n) is 1.41. The van der Waals surface area contributed by atoms with E-state index in [-0.39, 0.29) is 11.4 Å². The number of rotatable bonds is 1.